The van der Waals surface area contributed by atoms with E-state index in [0.717, 1.165) is 6.04 Å². The maximum Gasteiger partial charge on any atom is 0.254 e. The molecule has 0 saturated heterocycles. The fourth-order valence-corrected chi connectivity index (χ4v) is 5.49. The van der Waals surface area contributed by atoms with Crippen LogP contribution in [0.2, 0.25) is 25.7 Å². The van der Waals surface area contributed by atoms with Crippen molar-refractivity contribution in [3.8, 4) is 17.0 Å². The van der Waals surface area contributed by atoms with Crippen molar-refractivity contribution in [2.24, 2.45) is 5.73 Å². The predicted molar refractivity (Wildman–Crippen MR) is 174 cm³/mol. The Morgan fingerprint density at radius 1 is 1.09 bits per heavy atom. The average molecular weight is 656 g/mol. The molecule has 4 aromatic rings. The Morgan fingerprint density at radius 3 is 2.44 bits per heavy atom. The van der Waals surface area contributed by atoms with E-state index in [-0.39, 0.29) is 47.6 Å². The molecule has 4 rings (SSSR count). The number of carbonyl (C=O) groups excluding carboxylic acids is 1. The highest BCUT2D eigenvalue weighted by Gasteiger charge is 2.26. The number of nitrogens with one attached hydrogen (secondary N) is 2. The summed E-state index contributed by atoms with van der Waals surface area (Å²) in [6.07, 6.45) is 3.11. The van der Waals surface area contributed by atoms with Gasteiger partial charge in [0.2, 0.25) is 10.0 Å². The van der Waals surface area contributed by atoms with Gasteiger partial charge in [0.05, 0.1) is 29.5 Å². The van der Waals surface area contributed by atoms with Gasteiger partial charge in [-0.1, -0.05) is 37.8 Å². The van der Waals surface area contributed by atoms with E-state index in [4.69, 9.17) is 20.3 Å². The fourth-order valence-electron chi connectivity index (χ4n) is 4.08. The van der Waals surface area contributed by atoms with E-state index < -0.39 is 29.8 Å². The van der Waals surface area contributed by atoms with Crippen LogP contribution in [0.15, 0.2) is 54.9 Å². The topological polar surface area (TPSA) is 163 Å². The molecule has 240 valence electrons. The van der Waals surface area contributed by atoms with Gasteiger partial charge in [-0.15, -0.1) is 0 Å². The van der Waals surface area contributed by atoms with Gasteiger partial charge < -0.3 is 20.5 Å². The summed E-state index contributed by atoms with van der Waals surface area (Å²) in [7, 11) is -5.02. The summed E-state index contributed by atoms with van der Waals surface area (Å²) in [5.41, 5.74) is 8.19. The number of nitrogens with two attached hydrogens (primary N) is 1. The molecule has 0 bridgehead atoms. The van der Waals surface area contributed by atoms with Crippen molar-refractivity contribution in [2.45, 2.75) is 52.9 Å². The number of ether oxygens (including phenoxy) is 2. The molecular formula is C30H38FN7O5SSi. The number of amides is 1. The quantitative estimate of drug-likeness (QED) is 0.114. The number of primary amides is 1. The van der Waals surface area contributed by atoms with E-state index in [1.807, 2.05) is 0 Å². The molecular weight excluding hydrogens is 618 g/mol. The Bertz CT molecular complexity index is 1740. The number of nitrogens with zero attached hydrogens (tertiary/aromatic N) is 4. The third-order valence-corrected chi connectivity index (χ3v) is 9.64. The van der Waals surface area contributed by atoms with Crippen LogP contribution < -0.4 is 20.5 Å². The van der Waals surface area contributed by atoms with Crippen LogP contribution in [0, 0.1) is 12.7 Å². The number of benzene rings is 2. The maximum atomic E-state index is 13.4. The molecule has 0 spiro atoms. The first-order chi connectivity index (χ1) is 21.2. The van der Waals surface area contributed by atoms with Crippen LogP contribution in [0.4, 0.5) is 21.7 Å². The largest absolute Gasteiger partial charge is 0.487 e. The summed E-state index contributed by atoms with van der Waals surface area (Å²) in [6, 6.07) is 11.4. The zero-order chi connectivity index (χ0) is 32.8. The first-order valence-electron chi connectivity index (χ1n) is 14.3. The van der Waals surface area contributed by atoms with Crippen LogP contribution in [0.3, 0.4) is 0 Å². The van der Waals surface area contributed by atoms with Crippen molar-refractivity contribution in [3.05, 3.63) is 77.5 Å². The van der Waals surface area contributed by atoms with Crippen molar-refractivity contribution < 1.29 is 27.1 Å². The second-order valence-electron chi connectivity index (χ2n) is 11.6. The van der Waals surface area contributed by atoms with Crippen molar-refractivity contribution in [3.63, 3.8) is 0 Å². The lowest BCUT2D eigenvalue weighted by atomic mass is 10.1. The van der Waals surface area contributed by atoms with E-state index in [2.05, 4.69) is 39.6 Å². The second-order valence-corrected chi connectivity index (χ2v) is 19.2. The molecule has 15 heteroatoms. The normalized spacial score (nSPS) is 11.8. The number of hydrogen-bond acceptors (Lipinski definition) is 9. The van der Waals surface area contributed by atoms with Gasteiger partial charge in [0.15, 0.2) is 0 Å². The SMILES string of the molecule is CCS(=O)(=O)Nc1ccc(-c2nn(COCC[Si](C)(C)C)c(Nc3cnc(C)cn3)c2C(N)=O)cc1OCc1ccc(F)cc1. The number of aryl methyl sites for hydroxylation is 1. The van der Waals surface area contributed by atoms with Crippen molar-refractivity contribution in [1.82, 2.24) is 19.7 Å². The number of rotatable bonds is 15. The van der Waals surface area contributed by atoms with Crippen LogP contribution in [-0.2, 0) is 28.1 Å². The molecule has 4 N–H and O–H groups in total. The second kappa shape index (κ2) is 14.2. The highest BCUT2D eigenvalue weighted by Crippen LogP contribution is 2.36. The number of anilines is 3. The first kappa shape index (κ1) is 33.5. The third kappa shape index (κ3) is 9.32. The highest BCUT2D eigenvalue weighted by molar-refractivity contribution is 7.92. The predicted octanol–water partition coefficient (Wildman–Crippen LogP) is 5.28. The Hall–Kier alpha value is -4.34. The van der Waals surface area contributed by atoms with E-state index in [9.17, 15) is 17.6 Å². The molecule has 0 saturated carbocycles. The minimum atomic E-state index is -3.66. The standard InChI is InChI=1S/C30H38FN7O5SSi/c1-6-44(40,41)37-24-12-9-22(15-25(24)43-18-21-7-10-23(31)11-8-21)28-27(29(32)39)30(35-26-17-33-20(2)16-34-26)38(36-28)19-42-13-14-45(3,4)5/h7-12,15-17,37H,6,13-14,18-19H2,1-5H3,(H2,32,39)(H,34,35). The fraction of sp³-hybridized carbons (Fsp3) is 0.333. The number of aromatic nitrogens is 4. The van der Waals surface area contributed by atoms with Gasteiger partial charge in [0, 0.05) is 20.2 Å². The van der Waals surface area contributed by atoms with Crippen LogP contribution in [0.25, 0.3) is 11.3 Å². The third-order valence-electron chi connectivity index (χ3n) is 6.64. The molecule has 0 radical (unpaired) electrons. The molecule has 0 atom stereocenters. The lowest BCUT2D eigenvalue weighted by Crippen LogP contribution is -2.22. The molecule has 45 heavy (non-hydrogen) atoms. The molecule has 12 nitrogen and oxygen atoms in total. The Labute approximate surface area is 263 Å². The van der Waals surface area contributed by atoms with Gasteiger partial charge in [0.25, 0.3) is 5.91 Å². The molecule has 2 aromatic heterocycles. The Balaban J connectivity index is 1.77. The summed E-state index contributed by atoms with van der Waals surface area (Å²) in [5.74, 6) is -0.512. The molecule has 0 aliphatic rings. The first-order valence-corrected chi connectivity index (χ1v) is 19.7. The molecule has 2 heterocycles. The van der Waals surface area contributed by atoms with E-state index in [1.165, 1.54) is 36.0 Å². The molecule has 0 aliphatic carbocycles. The van der Waals surface area contributed by atoms with Crippen LogP contribution >= 0.6 is 0 Å². The monoisotopic (exact) mass is 655 g/mol. The van der Waals surface area contributed by atoms with Crippen molar-refractivity contribution in [1.29, 1.82) is 0 Å². The molecule has 2 aromatic carbocycles. The summed E-state index contributed by atoms with van der Waals surface area (Å²) in [6.45, 7) is 10.6. The summed E-state index contributed by atoms with van der Waals surface area (Å²) in [5, 5.41) is 7.81. The van der Waals surface area contributed by atoms with Crippen LogP contribution in [0.5, 0.6) is 5.75 Å². The smallest absolute Gasteiger partial charge is 0.254 e. The van der Waals surface area contributed by atoms with Crippen LogP contribution in [-0.4, -0.2) is 54.5 Å². The Morgan fingerprint density at radius 2 is 1.82 bits per heavy atom. The highest BCUT2D eigenvalue weighted by atomic mass is 32.2. The van der Waals surface area contributed by atoms with Gasteiger partial charge in [-0.2, -0.15) is 5.10 Å². The van der Waals surface area contributed by atoms with Crippen molar-refractivity contribution >= 4 is 41.3 Å². The van der Waals surface area contributed by atoms with Gasteiger partial charge >= 0.3 is 0 Å². The van der Waals surface area contributed by atoms with E-state index >= 15 is 0 Å². The van der Waals surface area contributed by atoms with Crippen LogP contribution in [0.1, 0.15) is 28.5 Å². The van der Waals surface area contributed by atoms with E-state index in [0.29, 0.717) is 29.2 Å². The molecule has 0 fully saturated rings. The Kier molecular flexibility index (Phi) is 10.6. The lowest BCUT2D eigenvalue weighted by molar-refractivity contribution is 0.0802. The number of sulfonamides is 1. The minimum Gasteiger partial charge on any atom is -0.487 e. The number of halogens is 1. The maximum absolute atomic E-state index is 13.4. The van der Waals surface area contributed by atoms with Gasteiger partial charge in [-0.25, -0.2) is 22.5 Å². The molecule has 0 unspecified atom stereocenters. The van der Waals surface area contributed by atoms with Gasteiger partial charge in [-0.05, 0) is 49.7 Å². The number of hydrogen-bond donors (Lipinski definition) is 3. The molecule has 1 amide bonds. The summed E-state index contributed by atoms with van der Waals surface area (Å²) in [4.78, 5) is 21.6. The average Bonchev–Trinajstić information content (AvgIpc) is 3.34. The number of carbonyl (C=O) groups is 1. The summed E-state index contributed by atoms with van der Waals surface area (Å²) < 4.78 is 54.3. The zero-order valence-corrected chi connectivity index (χ0v) is 27.7. The molecule has 0 aliphatic heterocycles. The van der Waals surface area contributed by atoms with Crippen molar-refractivity contribution in [2.75, 3.05) is 22.4 Å². The van der Waals surface area contributed by atoms with Gasteiger partial charge in [0.1, 0.15) is 47.8 Å². The van der Waals surface area contributed by atoms with E-state index in [1.54, 1.807) is 37.4 Å². The lowest BCUT2D eigenvalue weighted by Gasteiger charge is -2.16. The minimum absolute atomic E-state index is 0.0194. The zero-order valence-electron chi connectivity index (χ0n) is 25.9. The summed E-state index contributed by atoms with van der Waals surface area (Å²) >= 11 is 0. The van der Waals surface area contributed by atoms with Gasteiger partial charge in [-0.3, -0.25) is 14.5 Å².